The Kier molecular flexibility index (Phi) is 4.11. The van der Waals surface area contributed by atoms with Gasteiger partial charge in [0.2, 0.25) is 5.78 Å². The summed E-state index contributed by atoms with van der Waals surface area (Å²) in [6, 6.07) is 7.24. The third kappa shape index (κ3) is 2.88. The van der Waals surface area contributed by atoms with Gasteiger partial charge < -0.3 is 17.0 Å². The molecule has 0 N–H and O–H groups in total. The van der Waals surface area contributed by atoms with E-state index in [1.54, 1.807) is 12.1 Å². The summed E-state index contributed by atoms with van der Waals surface area (Å²) >= 11 is 5.88. The van der Waals surface area contributed by atoms with E-state index in [-0.39, 0.29) is 22.8 Å². The molecule has 4 saturated heterocycles. The molecule has 0 spiro atoms. The Hall–Kier alpha value is -0.500. The average Bonchev–Trinajstić information content (AvgIpc) is 2.37. The molecule has 0 aliphatic carbocycles. The zero-order valence-corrected chi connectivity index (χ0v) is 14.1. The molecular weight excluding hydrogens is 356 g/mol. The summed E-state index contributed by atoms with van der Waals surface area (Å²) in [7, 11) is 0. The molecule has 0 amide bonds. The predicted octanol–water partition coefficient (Wildman–Crippen LogP) is -1.96. The first-order valence-electron chi connectivity index (χ1n) is 6.93. The molecule has 0 atom stereocenters. The first kappa shape index (κ1) is 15.4. The quantitative estimate of drug-likeness (QED) is 0.454. The number of halogens is 2. The zero-order valence-electron chi connectivity index (χ0n) is 11.7. The van der Waals surface area contributed by atoms with E-state index in [1.165, 1.54) is 0 Å². The normalized spacial score (nSPS) is 36.3. The Morgan fingerprint density at radius 1 is 1.00 bits per heavy atom. The van der Waals surface area contributed by atoms with Crippen LogP contribution in [0.2, 0.25) is 5.02 Å². The van der Waals surface area contributed by atoms with Gasteiger partial charge in [0, 0.05) is 10.6 Å². The zero-order chi connectivity index (χ0) is 13.7. The molecule has 0 unspecified atom stereocenters. The van der Waals surface area contributed by atoms with Gasteiger partial charge >= 0.3 is 0 Å². The van der Waals surface area contributed by atoms with Crippen molar-refractivity contribution in [2.24, 2.45) is 0 Å². The highest BCUT2D eigenvalue weighted by atomic mass is 79.9. The number of hydrogen-bond acceptors (Lipinski definition) is 4. The molecule has 0 radical (unpaired) electrons. The molecule has 1 aromatic carbocycles. The second-order valence-electron chi connectivity index (χ2n) is 6.29. The Morgan fingerprint density at radius 3 is 1.95 bits per heavy atom. The number of benzene rings is 1. The van der Waals surface area contributed by atoms with E-state index in [0.29, 0.717) is 11.6 Å². The van der Waals surface area contributed by atoms with Gasteiger partial charge in [0.25, 0.3) is 0 Å². The van der Waals surface area contributed by atoms with Crippen LogP contribution in [0.5, 0.6) is 0 Å². The van der Waals surface area contributed by atoms with E-state index in [2.05, 4.69) is 14.7 Å². The summed E-state index contributed by atoms with van der Waals surface area (Å²) in [5.74, 6) is 0.215. The van der Waals surface area contributed by atoms with Crippen LogP contribution in [-0.2, 0) is 0 Å². The standard InChI is InChI=1S/C14H18ClN4O.BrH/c15-13-3-1-12(2-4-13)14(20)5-19-9-16-6-17(10-19)8-18(7-16)11-19;/h1-4H,5-11H2;1H/q+1;/p-1. The van der Waals surface area contributed by atoms with Crippen LogP contribution in [-0.4, -0.2) is 71.5 Å². The SMILES string of the molecule is O=C(C[N+]12CN3CN(CN(C3)C1)C2)c1ccc(Cl)cc1.[Br-]. The molecule has 4 fully saturated rings. The Morgan fingerprint density at radius 2 is 1.48 bits per heavy atom. The maximum Gasteiger partial charge on any atom is 0.217 e. The van der Waals surface area contributed by atoms with Gasteiger partial charge in [-0.3, -0.25) is 9.28 Å². The van der Waals surface area contributed by atoms with Gasteiger partial charge in [0.15, 0.2) is 0 Å². The van der Waals surface area contributed by atoms with Crippen LogP contribution in [0.3, 0.4) is 0 Å². The fourth-order valence-corrected chi connectivity index (χ4v) is 3.97. The van der Waals surface area contributed by atoms with Crippen LogP contribution in [0.15, 0.2) is 24.3 Å². The van der Waals surface area contributed by atoms with Crippen LogP contribution in [0, 0.1) is 0 Å². The lowest BCUT2D eigenvalue weighted by Crippen LogP contribution is -3.00. The molecule has 4 aliphatic rings. The lowest BCUT2D eigenvalue weighted by atomic mass is 10.1. The topological polar surface area (TPSA) is 26.8 Å². The number of rotatable bonds is 3. The molecule has 21 heavy (non-hydrogen) atoms. The van der Waals surface area contributed by atoms with Crippen molar-refractivity contribution in [2.45, 2.75) is 0 Å². The number of Topliss-reactive ketones (excluding diaryl/α,β-unsaturated/α-hetero) is 1. The Balaban J connectivity index is 0.00000132. The number of carbonyl (C=O) groups excluding carboxylic acids is 1. The monoisotopic (exact) mass is 372 g/mol. The molecule has 1 aromatic rings. The van der Waals surface area contributed by atoms with Crippen molar-refractivity contribution in [2.75, 3.05) is 46.6 Å². The fourth-order valence-electron chi connectivity index (χ4n) is 3.84. The summed E-state index contributed by atoms with van der Waals surface area (Å²) in [5.41, 5.74) is 0.767. The van der Waals surface area contributed by atoms with E-state index in [4.69, 9.17) is 11.6 Å². The number of nitrogens with zero attached hydrogens (tertiary/aromatic N) is 4. The maximum atomic E-state index is 12.5. The largest absolute Gasteiger partial charge is 1.00 e. The molecule has 5 nitrogen and oxygen atoms in total. The minimum atomic E-state index is 0. The van der Waals surface area contributed by atoms with Gasteiger partial charge in [-0.1, -0.05) is 11.6 Å². The first-order valence-corrected chi connectivity index (χ1v) is 7.31. The minimum Gasteiger partial charge on any atom is -1.00 e. The maximum absolute atomic E-state index is 12.5. The van der Waals surface area contributed by atoms with Crippen molar-refractivity contribution < 1.29 is 26.3 Å². The van der Waals surface area contributed by atoms with Crippen molar-refractivity contribution in [1.82, 2.24) is 14.7 Å². The van der Waals surface area contributed by atoms with Gasteiger partial charge in [-0.15, -0.1) is 0 Å². The van der Waals surface area contributed by atoms with Crippen molar-refractivity contribution in [3.05, 3.63) is 34.9 Å². The summed E-state index contributed by atoms with van der Waals surface area (Å²) in [6.07, 6.45) is 0. The van der Waals surface area contributed by atoms with Gasteiger partial charge in [0.05, 0.1) is 20.0 Å². The summed E-state index contributed by atoms with van der Waals surface area (Å²) in [5, 5.41) is 0.675. The highest BCUT2D eigenvalue weighted by Gasteiger charge is 2.49. The predicted molar refractivity (Wildman–Crippen MR) is 75.6 cm³/mol. The summed E-state index contributed by atoms with van der Waals surface area (Å²) in [4.78, 5) is 19.8. The van der Waals surface area contributed by atoms with Crippen molar-refractivity contribution in [3.63, 3.8) is 0 Å². The summed E-state index contributed by atoms with van der Waals surface area (Å²) in [6.45, 7) is 6.69. The number of quaternary nitrogens is 1. The van der Waals surface area contributed by atoms with Crippen LogP contribution in [0.25, 0.3) is 0 Å². The minimum absolute atomic E-state index is 0. The number of carbonyl (C=O) groups is 1. The molecule has 0 aromatic heterocycles. The lowest BCUT2D eigenvalue weighted by Gasteiger charge is -2.60. The molecule has 0 saturated carbocycles. The average molecular weight is 374 g/mol. The smallest absolute Gasteiger partial charge is 0.217 e. The second-order valence-corrected chi connectivity index (χ2v) is 6.73. The Bertz CT molecular complexity index is 515. The molecule has 5 rings (SSSR count). The molecule has 4 heterocycles. The second kappa shape index (κ2) is 5.61. The van der Waals surface area contributed by atoms with Gasteiger partial charge in [-0.2, -0.15) is 0 Å². The fraction of sp³-hybridized carbons (Fsp3) is 0.500. The van der Waals surface area contributed by atoms with Crippen LogP contribution in [0.4, 0.5) is 0 Å². The van der Waals surface area contributed by atoms with Gasteiger partial charge in [0.1, 0.15) is 26.6 Å². The lowest BCUT2D eigenvalue weighted by molar-refractivity contribution is -0.973. The van der Waals surface area contributed by atoms with Crippen LogP contribution >= 0.6 is 11.6 Å². The Labute approximate surface area is 140 Å². The highest BCUT2D eigenvalue weighted by Crippen LogP contribution is 2.28. The van der Waals surface area contributed by atoms with Gasteiger partial charge in [-0.25, -0.2) is 14.7 Å². The van der Waals surface area contributed by atoms with E-state index < -0.39 is 0 Å². The molecule has 7 heteroatoms. The van der Waals surface area contributed by atoms with Crippen molar-refractivity contribution in [3.8, 4) is 0 Å². The highest BCUT2D eigenvalue weighted by molar-refractivity contribution is 6.30. The number of ketones is 1. The van der Waals surface area contributed by atoms with Gasteiger partial charge in [-0.05, 0) is 24.3 Å². The van der Waals surface area contributed by atoms with E-state index in [9.17, 15) is 4.79 Å². The van der Waals surface area contributed by atoms with Crippen LogP contribution < -0.4 is 17.0 Å². The molecule has 4 aliphatic heterocycles. The third-order valence-corrected chi connectivity index (χ3v) is 4.60. The van der Waals surface area contributed by atoms with Crippen LogP contribution in [0.1, 0.15) is 10.4 Å². The van der Waals surface area contributed by atoms with E-state index in [1.807, 2.05) is 12.1 Å². The van der Waals surface area contributed by atoms with Crippen molar-refractivity contribution >= 4 is 17.4 Å². The number of hydrogen-bond donors (Lipinski definition) is 0. The summed E-state index contributed by atoms with van der Waals surface area (Å²) < 4.78 is 0.849. The van der Waals surface area contributed by atoms with E-state index in [0.717, 1.165) is 50.1 Å². The van der Waals surface area contributed by atoms with E-state index >= 15 is 0 Å². The third-order valence-electron chi connectivity index (χ3n) is 4.35. The van der Waals surface area contributed by atoms with Crippen molar-refractivity contribution in [1.29, 1.82) is 0 Å². The molecule has 114 valence electrons. The first-order chi connectivity index (χ1) is 9.62. The molecular formula is C14H18BrClN4O. The molecule has 4 bridgehead atoms.